The number of esters is 1. The van der Waals surface area contributed by atoms with Gasteiger partial charge in [0.15, 0.2) is 0 Å². The van der Waals surface area contributed by atoms with E-state index in [1.165, 1.54) is 26.4 Å². The van der Waals surface area contributed by atoms with Crippen LogP contribution in [0.25, 0.3) is 0 Å². The van der Waals surface area contributed by atoms with Crippen LogP contribution in [0.4, 0.5) is 0 Å². The van der Waals surface area contributed by atoms with Crippen molar-refractivity contribution >= 4 is 17.7 Å². The molecular formula is C14H25NO2S. The van der Waals surface area contributed by atoms with E-state index in [4.69, 9.17) is 4.74 Å². The van der Waals surface area contributed by atoms with Crippen LogP contribution in [0.15, 0.2) is 0 Å². The highest BCUT2D eigenvalue weighted by atomic mass is 32.2. The summed E-state index contributed by atoms with van der Waals surface area (Å²) in [6.45, 7) is 7.03. The van der Waals surface area contributed by atoms with Crippen molar-refractivity contribution in [3.63, 3.8) is 0 Å². The van der Waals surface area contributed by atoms with Gasteiger partial charge in [0.05, 0.1) is 7.11 Å². The minimum Gasteiger partial charge on any atom is -0.468 e. The van der Waals surface area contributed by atoms with E-state index in [-0.39, 0.29) is 12.0 Å². The van der Waals surface area contributed by atoms with Crippen molar-refractivity contribution < 1.29 is 9.53 Å². The Labute approximate surface area is 114 Å². The molecule has 104 valence electrons. The van der Waals surface area contributed by atoms with Crippen LogP contribution in [0.1, 0.15) is 40.0 Å². The molecule has 0 aromatic carbocycles. The number of carbonyl (C=O) groups excluding carboxylic acids is 1. The number of ether oxygens (including phenoxy) is 1. The first-order valence-electron chi connectivity index (χ1n) is 6.87. The van der Waals surface area contributed by atoms with Crippen molar-refractivity contribution in [2.45, 2.75) is 57.4 Å². The number of nitrogens with one attached hydrogen (secondary N) is 1. The molecule has 1 saturated carbocycles. The van der Waals surface area contributed by atoms with Gasteiger partial charge in [-0.25, -0.2) is 0 Å². The predicted octanol–water partition coefficient (Wildman–Crippen LogP) is 2.45. The summed E-state index contributed by atoms with van der Waals surface area (Å²) in [5, 5.41) is 4.15. The molecule has 4 heteroatoms. The third kappa shape index (κ3) is 3.02. The van der Waals surface area contributed by atoms with Gasteiger partial charge in [-0.3, -0.25) is 10.1 Å². The molecule has 1 saturated heterocycles. The van der Waals surface area contributed by atoms with Gasteiger partial charge in [0.1, 0.15) is 6.04 Å². The van der Waals surface area contributed by atoms with Crippen molar-refractivity contribution in [2.75, 3.05) is 12.9 Å². The molecule has 0 aromatic heterocycles. The average Bonchev–Trinajstić information content (AvgIpc) is 2.35. The van der Waals surface area contributed by atoms with Crippen molar-refractivity contribution in [3.8, 4) is 0 Å². The van der Waals surface area contributed by atoms with Crippen LogP contribution >= 0.6 is 11.8 Å². The predicted molar refractivity (Wildman–Crippen MR) is 75.8 cm³/mol. The molecule has 3 nitrogen and oxygen atoms in total. The van der Waals surface area contributed by atoms with Crippen molar-refractivity contribution in [2.24, 2.45) is 11.3 Å². The summed E-state index contributed by atoms with van der Waals surface area (Å²) >= 11 is 1.96. The maximum absolute atomic E-state index is 11.6. The summed E-state index contributed by atoms with van der Waals surface area (Å²) in [6.07, 6.45) is 3.74. The van der Waals surface area contributed by atoms with Crippen LogP contribution in [0.2, 0.25) is 0 Å². The summed E-state index contributed by atoms with van der Waals surface area (Å²) in [6, 6.07) is 0.388. The average molecular weight is 271 g/mol. The highest BCUT2D eigenvalue weighted by Gasteiger charge is 2.40. The van der Waals surface area contributed by atoms with Gasteiger partial charge in [0.25, 0.3) is 0 Å². The maximum atomic E-state index is 11.6. The van der Waals surface area contributed by atoms with Crippen LogP contribution in [-0.4, -0.2) is 36.2 Å². The zero-order valence-electron chi connectivity index (χ0n) is 11.9. The number of rotatable bonds is 1. The summed E-state index contributed by atoms with van der Waals surface area (Å²) in [7, 11) is 1.47. The fourth-order valence-electron chi connectivity index (χ4n) is 3.10. The zero-order chi connectivity index (χ0) is 13.3. The van der Waals surface area contributed by atoms with Crippen LogP contribution in [0, 0.1) is 11.3 Å². The Balaban J connectivity index is 1.93. The topological polar surface area (TPSA) is 38.3 Å². The Morgan fingerprint density at radius 1 is 1.33 bits per heavy atom. The fourth-order valence-corrected chi connectivity index (χ4v) is 4.58. The van der Waals surface area contributed by atoms with E-state index in [0.29, 0.717) is 16.7 Å². The first-order chi connectivity index (χ1) is 8.41. The van der Waals surface area contributed by atoms with Gasteiger partial charge in [0, 0.05) is 17.0 Å². The van der Waals surface area contributed by atoms with Crippen molar-refractivity contribution in [1.29, 1.82) is 0 Å². The Kier molecular flexibility index (Phi) is 4.27. The molecule has 0 radical (unpaired) electrons. The van der Waals surface area contributed by atoms with Gasteiger partial charge in [-0.1, -0.05) is 20.8 Å². The van der Waals surface area contributed by atoms with Crippen LogP contribution < -0.4 is 5.32 Å². The SMILES string of the molecule is COC(=O)C1CSC2CC(C(C)(C)C)CCC2N1. The molecule has 1 heterocycles. The van der Waals surface area contributed by atoms with Gasteiger partial charge in [-0.05, 0) is 30.6 Å². The molecule has 18 heavy (non-hydrogen) atoms. The summed E-state index contributed by atoms with van der Waals surface area (Å²) in [5.41, 5.74) is 0.407. The van der Waals surface area contributed by atoms with Gasteiger partial charge >= 0.3 is 5.97 Å². The third-order valence-corrected chi connectivity index (χ3v) is 5.87. The normalized spacial score (nSPS) is 36.9. The monoisotopic (exact) mass is 271 g/mol. The fraction of sp³-hybridized carbons (Fsp3) is 0.929. The maximum Gasteiger partial charge on any atom is 0.323 e. The lowest BCUT2D eigenvalue weighted by molar-refractivity contribution is -0.142. The van der Waals surface area contributed by atoms with E-state index in [1.54, 1.807) is 0 Å². The number of thioether (sulfide) groups is 1. The third-order valence-electron chi connectivity index (χ3n) is 4.39. The number of methoxy groups -OCH3 is 1. The summed E-state index contributed by atoms with van der Waals surface area (Å²) in [5.74, 6) is 1.55. The molecule has 4 atom stereocenters. The zero-order valence-corrected chi connectivity index (χ0v) is 12.7. The molecule has 1 aliphatic carbocycles. The smallest absolute Gasteiger partial charge is 0.323 e. The molecule has 0 aromatic rings. The molecule has 1 N–H and O–H groups in total. The number of hydrogen-bond donors (Lipinski definition) is 1. The van der Waals surface area contributed by atoms with E-state index in [0.717, 1.165) is 11.7 Å². The molecule has 0 bridgehead atoms. The molecule has 0 amide bonds. The van der Waals surface area contributed by atoms with Crippen molar-refractivity contribution in [1.82, 2.24) is 5.32 Å². The van der Waals surface area contributed by atoms with E-state index in [1.807, 2.05) is 11.8 Å². The second-order valence-electron chi connectivity index (χ2n) is 6.60. The van der Waals surface area contributed by atoms with E-state index < -0.39 is 0 Å². The largest absolute Gasteiger partial charge is 0.468 e. The molecule has 2 aliphatic rings. The quantitative estimate of drug-likeness (QED) is 0.744. The Morgan fingerprint density at radius 3 is 2.67 bits per heavy atom. The molecule has 1 aliphatic heterocycles. The van der Waals surface area contributed by atoms with Crippen molar-refractivity contribution in [3.05, 3.63) is 0 Å². The molecule has 2 rings (SSSR count). The van der Waals surface area contributed by atoms with Gasteiger partial charge in [-0.15, -0.1) is 0 Å². The Morgan fingerprint density at radius 2 is 2.06 bits per heavy atom. The minimum absolute atomic E-state index is 0.104. The highest BCUT2D eigenvalue weighted by molar-refractivity contribution is 8.00. The van der Waals surface area contributed by atoms with Gasteiger partial charge < -0.3 is 4.74 Å². The number of fused-ring (bicyclic) bond motifs is 1. The summed E-state index contributed by atoms with van der Waals surface area (Å²) in [4.78, 5) is 11.6. The highest BCUT2D eigenvalue weighted by Crippen LogP contribution is 2.43. The number of hydrogen-bond acceptors (Lipinski definition) is 4. The van der Waals surface area contributed by atoms with Crippen LogP contribution in [0.5, 0.6) is 0 Å². The first-order valence-corrected chi connectivity index (χ1v) is 7.92. The second kappa shape index (κ2) is 5.41. The van der Waals surface area contributed by atoms with Crippen LogP contribution in [0.3, 0.4) is 0 Å². The molecule has 0 spiro atoms. The van der Waals surface area contributed by atoms with Crippen LogP contribution in [-0.2, 0) is 9.53 Å². The second-order valence-corrected chi connectivity index (χ2v) is 7.87. The molecular weight excluding hydrogens is 246 g/mol. The van der Waals surface area contributed by atoms with Gasteiger partial charge in [-0.2, -0.15) is 11.8 Å². The Bertz CT molecular complexity index is 313. The minimum atomic E-state index is -0.112. The molecule has 4 unspecified atom stereocenters. The standard InChI is InChI=1S/C14H25NO2S/c1-14(2,3)9-5-6-10-12(7-9)18-8-11(15-10)13(16)17-4/h9-12,15H,5-8H2,1-4H3. The van der Waals surface area contributed by atoms with Gasteiger partial charge in [0.2, 0.25) is 0 Å². The molecule has 2 fully saturated rings. The summed E-state index contributed by atoms with van der Waals surface area (Å²) < 4.78 is 4.83. The van der Waals surface area contributed by atoms with E-state index in [2.05, 4.69) is 26.1 Å². The lowest BCUT2D eigenvalue weighted by Crippen LogP contribution is -2.56. The van der Waals surface area contributed by atoms with E-state index >= 15 is 0 Å². The van der Waals surface area contributed by atoms with E-state index in [9.17, 15) is 4.79 Å². The lowest BCUT2D eigenvalue weighted by Gasteiger charge is -2.45. The number of carbonyl (C=O) groups is 1. The lowest BCUT2D eigenvalue weighted by atomic mass is 9.71. The first kappa shape index (κ1) is 14.2. The Hall–Kier alpha value is -0.220.